The highest BCUT2D eigenvalue weighted by molar-refractivity contribution is 7.18. The predicted molar refractivity (Wildman–Crippen MR) is 80.2 cm³/mol. The monoisotopic (exact) mass is 285 g/mol. The molecule has 1 N–H and O–H groups in total. The minimum absolute atomic E-state index is 0.598. The molecule has 1 aromatic carbocycles. The number of rotatable bonds is 4. The molecule has 0 unspecified atom stereocenters. The third-order valence-corrected chi connectivity index (χ3v) is 4.51. The zero-order chi connectivity index (χ0) is 13.5. The molecule has 0 spiro atoms. The zero-order valence-electron chi connectivity index (χ0n) is 11.2. The molecule has 0 saturated heterocycles. The Morgan fingerprint density at radius 3 is 3.15 bits per heavy atom. The molecular weight excluding hydrogens is 270 g/mol. The second-order valence-corrected chi connectivity index (χ2v) is 6.44. The van der Waals surface area contributed by atoms with E-state index in [1.807, 2.05) is 6.92 Å². The molecule has 0 atom stereocenters. The van der Waals surface area contributed by atoms with Crippen LogP contribution < -0.4 is 5.32 Å². The van der Waals surface area contributed by atoms with Crippen molar-refractivity contribution >= 4 is 27.2 Å². The zero-order valence-corrected chi connectivity index (χ0v) is 12.0. The summed E-state index contributed by atoms with van der Waals surface area (Å²) in [4.78, 5) is 8.79. The smallest absolute Gasteiger partial charge is 0.181 e. The molecule has 1 fully saturated rings. The van der Waals surface area contributed by atoms with E-state index in [-0.39, 0.29) is 0 Å². The molecule has 2 heterocycles. The third kappa shape index (κ3) is 2.18. The summed E-state index contributed by atoms with van der Waals surface area (Å²) in [7, 11) is 0. The van der Waals surface area contributed by atoms with Crippen molar-refractivity contribution < 1.29 is 4.42 Å². The van der Waals surface area contributed by atoms with Crippen LogP contribution in [0.25, 0.3) is 10.2 Å². The highest BCUT2D eigenvalue weighted by Crippen LogP contribution is 2.41. The Bertz CT molecular complexity index is 757. The molecule has 4 rings (SSSR count). The van der Waals surface area contributed by atoms with Crippen LogP contribution in [0.2, 0.25) is 0 Å². The number of aryl methyl sites for hydroxylation is 1. The van der Waals surface area contributed by atoms with Gasteiger partial charge in [-0.1, -0.05) is 0 Å². The van der Waals surface area contributed by atoms with E-state index < -0.39 is 0 Å². The summed E-state index contributed by atoms with van der Waals surface area (Å²) >= 11 is 1.72. The molecular formula is C15H15N3OS. The standard InChI is InChI=1S/C15H15N3OS/c1-9-18-12-5-4-11(6-14(12)20-9)16-7-13-15(10-2-3-10)19-8-17-13/h4-6,8,10,16H,2-3,7H2,1H3. The molecule has 0 amide bonds. The number of aromatic nitrogens is 2. The minimum atomic E-state index is 0.598. The van der Waals surface area contributed by atoms with Crippen LogP contribution in [0.15, 0.2) is 29.0 Å². The summed E-state index contributed by atoms with van der Waals surface area (Å²) in [5.41, 5.74) is 3.21. The van der Waals surface area contributed by atoms with Crippen LogP contribution in [0.5, 0.6) is 0 Å². The molecule has 2 aromatic heterocycles. The maximum atomic E-state index is 5.49. The van der Waals surface area contributed by atoms with Crippen molar-refractivity contribution in [3.8, 4) is 0 Å². The summed E-state index contributed by atoms with van der Waals surface area (Å²) in [5.74, 6) is 1.66. The van der Waals surface area contributed by atoms with E-state index in [1.54, 1.807) is 17.7 Å². The number of benzene rings is 1. The Kier molecular flexibility index (Phi) is 2.73. The first-order valence-corrected chi connectivity index (χ1v) is 7.64. The maximum Gasteiger partial charge on any atom is 0.181 e. The number of nitrogens with zero attached hydrogens (tertiary/aromatic N) is 2. The lowest BCUT2D eigenvalue weighted by Gasteiger charge is -2.05. The van der Waals surface area contributed by atoms with Gasteiger partial charge in [-0.25, -0.2) is 9.97 Å². The number of hydrogen-bond acceptors (Lipinski definition) is 5. The molecule has 1 aliphatic carbocycles. The SMILES string of the molecule is Cc1nc2ccc(NCc3ncoc3C3CC3)cc2s1. The quantitative estimate of drug-likeness (QED) is 0.784. The van der Waals surface area contributed by atoms with Crippen molar-refractivity contribution in [1.29, 1.82) is 0 Å². The molecule has 102 valence electrons. The Morgan fingerprint density at radius 1 is 1.40 bits per heavy atom. The largest absolute Gasteiger partial charge is 0.448 e. The van der Waals surface area contributed by atoms with Crippen molar-refractivity contribution in [3.63, 3.8) is 0 Å². The van der Waals surface area contributed by atoms with E-state index in [9.17, 15) is 0 Å². The molecule has 0 bridgehead atoms. The van der Waals surface area contributed by atoms with E-state index in [1.165, 1.54) is 17.5 Å². The van der Waals surface area contributed by atoms with Crippen LogP contribution in [0.3, 0.4) is 0 Å². The Balaban J connectivity index is 1.53. The minimum Gasteiger partial charge on any atom is -0.448 e. The van der Waals surface area contributed by atoms with Gasteiger partial charge in [-0.05, 0) is 38.0 Å². The fourth-order valence-electron chi connectivity index (χ4n) is 2.42. The lowest BCUT2D eigenvalue weighted by Crippen LogP contribution is -2.01. The molecule has 0 aliphatic heterocycles. The van der Waals surface area contributed by atoms with Crippen molar-refractivity contribution in [2.45, 2.75) is 32.2 Å². The van der Waals surface area contributed by atoms with Crippen LogP contribution in [0, 0.1) is 6.92 Å². The maximum absolute atomic E-state index is 5.49. The molecule has 1 aliphatic rings. The average Bonchev–Trinajstić information content (AvgIpc) is 3.05. The fraction of sp³-hybridized carbons (Fsp3) is 0.333. The van der Waals surface area contributed by atoms with E-state index in [0.29, 0.717) is 12.5 Å². The molecule has 1 saturated carbocycles. The first-order chi connectivity index (χ1) is 9.79. The lowest BCUT2D eigenvalue weighted by atomic mass is 10.2. The lowest BCUT2D eigenvalue weighted by molar-refractivity contribution is 0.503. The first kappa shape index (κ1) is 11.9. The van der Waals surface area contributed by atoms with Gasteiger partial charge in [0.15, 0.2) is 6.39 Å². The third-order valence-electron chi connectivity index (χ3n) is 3.58. The number of hydrogen-bond donors (Lipinski definition) is 1. The van der Waals surface area contributed by atoms with Gasteiger partial charge in [-0.2, -0.15) is 0 Å². The van der Waals surface area contributed by atoms with E-state index in [4.69, 9.17) is 4.42 Å². The Hall–Kier alpha value is -1.88. The van der Waals surface area contributed by atoms with Gasteiger partial charge < -0.3 is 9.73 Å². The topological polar surface area (TPSA) is 51.0 Å². The number of thiazole rings is 1. The number of nitrogens with one attached hydrogen (secondary N) is 1. The van der Waals surface area contributed by atoms with Gasteiger partial charge in [0.2, 0.25) is 0 Å². The van der Waals surface area contributed by atoms with Gasteiger partial charge in [0.25, 0.3) is 0 Å². The molecule has 5 heteroatoms. The van der Waals surface area contributed by atoms with Gasteiger partial charge in [-0.15, -0.1) is 11.3 Å². The summed E-state index contributed by atoms with van der Waals surface area (Å²) < 4.78 is 6.71. The summed E-state index contributed by atoms with van der Waals surface area (Å²) in [6.45, 7) is 2.75. The van der Waals surface area contributed by atoms with Crippen LogP contribution in [-0.2, 0) is 6.54 Å². The highest BCUT2D eigenvalue weighted by atomic mass is 32.1. The molecule has 20 heavy (non-hydrogen) atoms. The molecule has 4 nitrogen and oxygen atoms in total. The summed E-state index contributed by atoms with van der Waals surface area (Å²) in [6.07, 6.45) is 4.02. The van der Waals surface area contributed by atoms with Gasteiger partial charge in [0.1, 0.15) is 11.5 Å². The van der Waals surface area contributed by atoms with Crippen molar-refractivity contribution in [2.24, 2.45) is 0 Å². The first-order valence-electron chi connectivity index (χ1n) is 6.83. The number of oxazole rings is 1. The van der Waals surface area contributed by atoms with E-state index >= 15 is 0 Å². The second kappa shape index (κ2) is 4.59. The van der Waals surface area contributed by atoms with Crippen LogP contribution >= 0.6 is 11.3 Å². The number of anilines is 1. The summed E-state index contributed by atoms with van der Waals surface area (Å²) in [5, 5.41) is 4.53. The van der Waals surface area contributed by atoms with Crippen LogP contribution in [-0.4, -0.2) is 9.97 Å². The van der Waals surface area contributed by atoms with Gasteiger partial charge in [0.05, 0.1) is 21.8 Å². The van der Waals surface area contributed by atoms with Gasteiger partial charge in [0, 0.05) is 11.6 Å². The predicted octanol–water partition coefficient (Wildman–Crippen LogP) is 4.08. The van der Waals surface area contributed by atoms with Crippen LogP contribution in [0.4, 0.5) is 5.69 Å². The van der Waals surface area contributed by atoms with Gasteiger partial charge >= 0.3 is 0 Å². The highest BCUT2D eigenvalue weighted by Gasteiger charge is 2.29. The Labute approximate surface area is 120 Å². The van der Waals surface area contributed by atoms with E-state index in [0.717, 1.165) is 27.7 Å². The van der Waals surface area contributed by atoms with Crippen LogP contribution in [0.1, 0.15) is 35.2 Å². The fourth-order valence-corrected chi connectivity index (χ4v) is 3.29. The normalized spacial score (nSPS) is 14.8. The number of fused-ring (bicyclic) bond motifs is 1. The average molecular weight is 285 g/mol. The van der Waals surface area contributed by atoms with Gasteiger partial charge in [-0.3, -0.25) is 0 Å². The second-order valence-electron chi connectivity index (χ2n) is 5.21. The Morgan fingerprint density at radius 2 is 2.30 bits per heavy atom. The summed E-state index contributed by atoms with van der Waals surface area (Å²) in [6, 6.07) is 6.28. The van der Waals surface area contributed by atoms with Crippen molar-refractivity contribution in [2.75, 3.05) is 5.32 Å². The molecule has 0 radical (unpaired) electrons. The molecule has 3 aromatic rings. The van der Waals surface area contributed by atoms with E-state index in [2.05, 4.69) is 33.5 Å². The van der Waals surface area contributed by atoms with Crippen molar-refractivity contribution in [1.82, 2.24) is 9.97 Å². The van der Waals surface area contributed by atoms with Crippen molar-refractivity contribution in [3.05, 3.63) is 41.1 Å².